The molecule has 0 atom stereocenters. The predicted octanol–water partition coefficient (Wildman–Crippen LogP) is 2.70. The maximum absolute atomic E-state index is 11.7. The molecular formula is C12H18BrNO2S. The molecule has 0 aliphatic heterocycles. The molecule has 0 amide bonds. The minimum absolute atomic E-state index is 0.152. The van der Waals surface area contributed by atoms with E-state index in [4.69, 9.17) is 0 Å². The third-order valence-electron chi connectivity index (χ3n) is 2.86. The zero-order valence-electron chi connectivity index (χ0n) is 10.6. The Labute approximate surface area is 112 Å². The number of anilines is 1. The van der Waals surface area contributed by atoms with E-state index in [0.29, 0.717) is 4.90 Å². The van der Waals surface area contributed by atoms with Gasteiger partial charge in [-0.3, -0.25) is 0 Å². The van der Waals surface area contributed by atoms with Crippen LogP contribution in [0.4, 0.5) is 5.69 Å². The number of halogens is 1. The molecule has 0 bridgehead atoms. The van der Waals surface area contributed by atoms with Crippen LogP contribution < -0.4 is 4.90 Å². The van der Waals surface area contributed by atoms with E-state index in [0.717, 1.165) is 11.0 Å². The molecule has 1 aromatic carbocycles. The van der Waals surface area contributed by atoms with Gasteiger partial charge in [0.2, 0.25) is 0 Å². The maximum atomic E-state index is 11.7. The third kappa shape index (κ3) is 3.22. The number of nitrogens with zero attached hydrogens (tertiary/aromatic N) is 1. The summed E-state index contributed by atoms with van der Waals surface area (Å²) in [7, 11) is -1.30. The van der Waals surface area contributed by atoms with Crippen LogP contribution in [0.5, 0.6) is 0 Å². The molecule has 0 saturated heterocycles. The Morgan fingerprint density at radius 1 is 1.29 bits per heavy atom. The average molecular weight is 320 g/mol. The van der Waals surface area contributed by atoms with E-state index in [1.54, 1.807) is 12.1 Å². The standard InChI is InChI=1S/C12H18BrNO2S/c1-12(2,9-13)14(3)10-7-5-6-8-11(10)17(4,15)16/h5-8H,9H2,1-4H3. The molecule has 0 aliphatic carbocycles. The molecule has 96 valence electrons. The molecule has 3 nitrogen and oxygen atoms in total. The summed E-state index contributed by atoms with van der Waals surface area (Å²) in [5.74, 6) is 0. The maximum Gasteiger partial charge on any atom is 0.177 e. The quantitative estimate of drug-likeness (QED) is 0.801. The van der Waals surface area contributed by atoms with Crippen LogP contribution in [0.3, 0.4) is 0 Å². The van der Waals surface area contributed by atoms with Crippen molar-refractivity contribution in [2.45, 2.75) is 24.3 Å². The topological polar surface area (TPSA) is 37.4 Å². The van der Waals surface area contributed by atoms with Crippen molar-refractivity contribution < 1.29 is 8.42 Å². The van der Waals surface area contributed by atoms with Gasteiger partial charge in [0.05, 0.1) is 10.6 Å². The molecule has 5 heteroatoms. The molecule has 0 N–H and O–H groups in total. The van der Waals surface area contributed by atoms with Crippen molar-refractivity contribution in [2.75, 3.05) is 23.5 Å². The highest BCUT2D eigenvalue weighted by atomic mass is 79.9. The van der Waals surface area contributed by atoms with Gasteiger partial charge in [-0.05, 0) is 26.0 Å². The first-order valence-electron chi connectivity index (χ1n) is 5.29. The molecule has 0 fully saturated rings. The van der Waals surface area contributed by atoms with Crippen LogP contribution in [0.25, 0.3) is 0 Å². The third-order valence-corrected chi connectivity index (χ3v) is 5.38. The van der Waals surface area contributed by atoms with Crippen LogP contribution in [0.1, 0.15) is 13.8 Å². The Hall–Kier alpha value is -0.550. The summed E-state index contributed by atoms with van der Waals surface area (Å²) in [4.78, 5) is 2.36. The van der Waals surface area contributed by atoms with Crippen LogP contribution in [0.15, 0.2) is 29.2 Å². The van der Waals surface area contributed by atoms with Crippen LogP contribution in [-0.4, -0.2) is 32.6 Å². The van der Waals surface area contributed by atoms with E-state index < -0.39 is 9.84 Å². The van der Waals surface area contributed by atoms with Gasteiger partial charge in [-0.25, -0.2) is 8.42 Å². The zero-order chi connectivity index (χ0) is 13.3. The number of alkyl halides is 1. The van der Waals surface area contributed by atoms with Crippen LogP contribution in [0, 0.1) is 0 Å². The Morgan fingerprint density at radius 2 is 1.82 bits per heavy atom. The number of hydrogen-bond acceptors (Lipinski definition) is 3. The summed E-state index contributed by atoms with van der Waals surface area (Å²) in [6, 6.07) is 7.08. The first kappa shape index (κ1) is 14.5. The molecule has 0 spiro atoms. The second-order valence-corrected chi connectivity index (χ2v) is 7.29. The van der Waals surface area contributed by atoms with Crippen molar-refractivity contribution in [1.82, 2.24) is 0 Å². The van der Waals surface area contributed by atoms with Crippen LogP contribution in [0.2, 0.25) is 0 Å². The first-order chi connectivity index (χ1) is 7.70. The normalized spacial score (nSPS) is 12.5. The highest BCUT2D eigenvalue weighted by Gasteiger charge is 2.26. The number of para-hydroxylation sites is 1. The first-order valence-corrected chi connectivity index (χ1v) is 8.30. The molecule has 0 heterocycles. The average Bonchev–Trinajstić information content (AvgIpc) is 2.27. The Kier molecular flexibility index (Phi) is 4.25. The fourth-order valence-corrected chi connectivity index (χ4v) is 2.75. The Morgan fingerprint density at radius 3 is 2.29 bits per heavy atom. The molecular weight excluding hydrogens is 302 g/mol. The van der Waals surface area contributed by atoms with Gasteiger partial charge in [0.25, 0.3) is 0 Å². The number of rotatable bonds is 4. The van der Waals surface area contributed by atoms with Gasteiger partial charge in [0.15, 0.2) is 9.84 Å². The summed E-state index contributed by atoms with van der Waals surface area (Å²) in [6.45, 7) is 4.11. The fraction of sp³-hybridized carbons (Fsp3) is 0.500. The highest BCUT2D eigenvalue weighted by Crippen LogP contribution is 2.29. The second kappa shape index (κ2) is 4.98. The van der Waals surface area contributed by atoms with Crippen molar-refractivity contribution in [3.8, 4) is 0 Å². The van der Waals surface area contributed by atoms with E-state index >= 15 is 0 Å². The van der Waals surface area contributed by atoms with Gasteiger partial charge in [0.1, 0.15) is 0 Å². The van der Waals surface area contributed by atoms with Crippen molar-refractivity contribution in [3.63, 3.8) is 0 Å². The van der Waals surface area contributed by atoms with Crippen molar-refractivity contribution in [1.29, 1.82) is 0 Å². The van der Waals surface area contributed by atoms with E-state index in [1.165, 1.54) is 6.26 Å². The second-order valence-electron chi connectivity index (χ2n) is 4.74. The van der Waals surface area contributed by atoms with Crippen LogP contribution >= 0.6 is 15.9 Å². The smallest absolute Gasteiger partial charge is 0.177 e. The lowest BCUT2D eigenvalue weighted by atomic mass is 10.1. The predicted molar refractivity (Wildman–Crippen MR) is 75.8 cm³/mol. The minimum atomic E-state index is -3.20. The van der Waals surface area contributed by atoms with E-state index in [9.17, 15) is 8.42 Å². The van der Waals surface area contributed by atoms with E-state index in [1.807, 2.05) is 24.1 Å². The number of benzene rings is 1. The van der Waals surface area contributed by atoms with Gasteiger partial charge < -0.3 is 4.90 Å². The van der Waals surface area contributed by atoms with E-state index in [-0.39, 0.29) is 5.54 Å². The molecule has 1 rings (SSSR count). The molecule has 0 saturated carbocycles. The van der Waals surface area contributed by atoms with Gasteiger partial charge in [0, 0.05) is 24.2 Å². The summed E-state index contributed by atoms with van der Waals surface area (Å²) in [6.07, 6.45) is 1.24. The number of hydrogen-bond donors (Lipinski definition) is 0. The van der Waals surface area contributed by atoms with Crippen LogP contribution in [-0.2, 0) is 9.84 Å². The fourth-order valence-electron chi connectivity index (χ4n) is 1.46. The molecule has 0 aliphatic rings. The highest BCUT2D eigenvalue weighted by molar-refractivity contribution is 9.09. The summed E-state index contributed by atoms with van der Waals surface area (Å²) in [5.41, 5.74) is 0.584. The van der Waals surface area contributed by atoms with Gasteiger partial charge >= 0.3 is 0 Å². The van der Waals surface area contributed by atoms with Gasteiger partial charge in [-0.2, -0.15) is 0 Å². The number of sulfone groups is 1. The van der Waals surface area contributed by atoms with Gasteiger partial charge in [-0.15, -0.1) is 0 Å². The molecule has 0 unspecified atom stereocenters. The van der Waals surface area contributed by atoms with E-state index in [2.05, 4.69) is 29.8 Å². The molecule has 1 aromatic rings. The Bertz CT molecular complexity index is 497. The van der Waals surface area contributed by atoms with Gasteiger partial charge in [-0.1, -0.05) is 28.1 Å². The lowest BCUT2D eigenvalue weighted by Crippen LogP contribution is -2.43. The Balaban J connectivity index is 3.33. The molecule has 0 aromatic heterocycles. The summed E-state index contributed by atoms with van der Waals surface area (Å²) < 4.78 is 23.5. The SMILES string of the molecule is CN(c1ccccc1S(C)(=O)=O)C(C)(C)CBr. The minimum Gasteiger partial charge on any atom is -0.368 e. The summed E-state index contributed by atoms with van der Waals surface area (Å²) >= 11 is 3.45. The summed E-state index contributed by atoms with van der Waals surface area (Å²) in [5, 5.41) is 0.759. The largest absolute Gasteiger partial charge is 0.368 e. The zero-order valence-corrected chi connectivity index (χ0v) is 13.0. The molecule has 0 radical (unpaired) electrons. The monoisotopic (exact) mass is 319 g/mol. The van der Waals surface area contributed by atoms with Crippen molar-refractivity contribution in [3.05, 3.63) is 24.3 Å². The van der Waals surface area contributed by atoms with Crippen molar-refractivity contribution in [2.24, 2.45) is 0 Å². The molecule has 17 heavy (non-hydrogen) atoms. The van der Waals surface area contributed by atoms with Crippen molar-refractivity contribution >= 4 is 31.5 Å². The lowest BCUT2D eigenvalue weighted by molar-refractivity contribution is 0.547. The lowest BCUT2D eigenvalue weighted by Gasteiger charge is -2.37.